The summed E-state index contributed by atoms with van der Waals surface area (Å²) in [5.41, 5.74) is 12.9. The van der Waals surface area contributed by atoms with Gasteiger partial charge in [0.05, 0.1) is 7.11 Å². The summed E-state index contributed by atoms with van der Waals surface area (Å²) in [6.07, 6.45) is 8.78. The Bertz CT molecular complexity index is 1240. The average Bonchev–Trinajstić information content (AvgIpc) is 3.09. The largest absolute Gasteiger partial charge is 0.496 e. The molecule has 2 aromatic carbocycles. The second-order valence-corrected chi connectivity index (χ2v) is 15.1. The third kappa shape index (κ3) is 19.9. The molecule has 0 heterocycles. The van der Waals surface area contributed by atoms with E-state index in [4.69, 9.17) is 4.74 Å². The molecule has 0 unspecified atom stereocenters. The van der Waals surface area contributed by atoms with Crippen LogP contribution in [0.1, 0.15) is 188 Å². The quantitative estimate of drug-likeness (QED) is 0.156. The van der Waals surface area contributed by atoms with Crippen molar-refractivity contribution in [1.29, 1.82) is 0 Å². The van der Waals surface area contributed by atoms with Crippen molar-refractivity contribution in [1.82, 2.24) is 10.2 Å². The molecule has 1 N–H and O–H groups in total. The van der Waals surface area contributed by atoms with E-state index in [9.17, 15) is 0 Å². The molecule has 294 valence electrons. The average molecular weight is 707 g/mol. The fourth-order valence-electron chi connectivity index (χ4n) is 6.28. The van der Waals surface area contributed by atoms with Gasteiger partial charge in [0.25, 0.3) is 0 Å². The molecule has 51 heavy (non-hydrogen) atoms. The minimum atomic E-state index is 0.404. The molecule has 0 radical (unpaired) electrons. The van der Waals surface area contributed by atoms with Gasteiger partial charge in [-0.1, -0.05) is 151 Å². The monoisotopic (exact) mass is 707 g/mol. The van der Waals surface area contributed by atoms with Gasteiger partial charge in [-0.25, -0.2) is 0 Å². The lowest BCUT2D eigenvalue weighted by atomic mass is 9.87. The van der Waals surface area contributed by atoms with Gasteiger partial charge in [-0.15, -0.1) is 0 Å². The van der Waals surface area contributed by atoms with Crippen LogP contribution in [0.2, 0.25) is 0 Å². The van der Waals surface area contributed by atoms with Crippen molar-refractivity contribution in [2.75, 3.05) is 26.7 Å². The van der Waals surface area contributed by atoms with E-state index in [0.29, 0.717) is 23.7 Å². The van der Waals surface area contributed by atoms with Gasteiger partial charge in [-0.3, -0.25) is 4.90 Å². The molecular formula is C48H86N2O. The Hall–Kier alpha value is -2.36. The SMILES string of the molecule is CC.CC.CC/C=C(\CC)CN(Cc1cc(Cc2cc(CNCC(C)C)c(OC)c(C(C)C)c2)cc(C(C)C)c1CC)CC(C)C.CC=C(C)C. The van der Waals surface area contributed by atoms with Crippen LogP contribution in [-0.2, 0) is 25.9 Å². The predicted molar refractivity (Wildman–Crippen MR) is 233 cm³/mol. The van der Waals surface area contributed by atoms with Crippen molar-refractivity contribution in [3.05, 3.63) is 86.5 Å². The third-order valence-electron chi connectivity index (χ3n) is 8.74. The maximum atomic E-state index is 5.98. The highest BCUT2D eigenvalue weighted by molar-refractivity contribution is 5.49. The summed E-state index contributed by atoms with van der Waals surface area (Å²) in [5, 5.41) is 3.66. The van der Waals surface area contributed by atoms with E-state index in [0.717, 1.165) is 64.2 Å². The second-order valence-electron chi connectivity index (χ2n) is 15.1. The molecule has 0 atom stereocenters. The molecule has 3 heteroatoms. The first-order chi connectivity index (χ1) is 24.2. The molecule has 0 aliphatic rings. The second kappa shape index (κ2) is 29.1. The topological polar surface area (TPSA) is 24.5 Å². The Kier molecular flexibility index (Phi) is 29.0. The van der Waals surface area contributed by atoms with Crippen molar-refractivity contribution in [2.24, 2.45) is 11.8 Å². The number of hydrogen-bond donors (Lipinski definition) is 1. The van der Waals surface area contributed by atoms with Crippen molar-refractivity contribution >= 4 is 0 Å². The molecular weight excluding hydrogens is 621 g/mol. The van der Waals surface area contributed by atoms with E-state index < -0.39 is 0 Å². The first-order valence-electron chi connectivity index (χ1n) is 20.7. The fraction of sp³-hybridized carbons (Fsp3) is 0.667. The lowest BCUT2D eigenvalue weighted by Crippen LogP contribution is -2.30. The Balaban J connectivity index is 0. The predicted octanol–water partition coefficient (Wildman–Crippen LogP) is 14.1. The number of allylic oxidation sites excluding steroid dienone is 3. The van der Waals surface area contributed by atoms with Crippen LogP contribution >= 0.6 is 0 Å². The van der Waals surface area contributed by atoms with E-state index >= 15 is 0 Å². The smallest absolute Gasteiger partial charge is 0.126 e. The molecule has 0 bridgehead atoms. The van der Waals surface area contributed by atoms with Crippen LogP contribution in [0.15, 0.2) is 47.6 Å². The van der Waals surface area contributed by atoms with E-state index in [1.807, 2.05) is 41.7 Å². The summed E-state index contributed by atoms with van der Waals surface area (Å²) in [4.78, 5) is 2.70. The van der Waals surface area contributed by atoms with Gasteiger partial charge >= 0.3 is 0 Å². The Morgan fingerprint density at radius 2 is 1.31 bits per heavy atom. The highest BCUT2D eigenvalue weighted by Crippen LogP contribution is 2.34. The minimum Gasteiger partial charge on any atom is -0.496 e. The van der Waals surface area contributed by atoms with Crippen molar-refractivity contribution < 1.29 is 4.74 Å². The molecule has 2 rings (SSSR count). The maximum Gasteiger partial charge on any atom is 0.126 e. The van der Waals surface area contributed by atoms with Crippen LogP contribution in [0, 0.1) is 11.8 Å². The zero-order valence-corrected chi connectivity index (χ0v) is 37.5. The van der Waals surface area contributed by atoms with Crippen molar-refractivity contribution in [3.63, 3.8) is 0 Å². The number of hydrogen-bond acceptors (Lipinski definition) is 3. The number of methoxy groups -OCH3 is 1. The molecule has 0 aliphatic heterocycles. The van der Waals surface area contributed by atoms with E-state index in [1.165, 1.54) is 39.0 Å². The van der Waals surface area contributed by atoms with Crippen LogP contribution in [0.5, 0.6) is 5.75 Å². The Morgan fingerprint density at radius 1 is 0.784 bits per heavy atom. The Morgan fingerprint density at radius 3 is 1.73 bits per heavy atom. The van der Waals surface area contributed by atoms with Crippen LogP contribution in [-0.4, -0.2) is 31.6 Å². The summed E-state index contributed by atoms with van der Waals surface area (Å²) in [5.74, 6) is 3.21. The molecule has 0 fully saturated rings. The van der Waals surface area contributed by atoms with Gasteiger partial charge in [0, 0.05) is 31.7 Å². The van der Waals surface area contributed by atoms with Crippen molar-refractivity contribution in [3.8, 4) is 5.75 Å². The first kappa shape index (κ1) is 50.7. The molecule has 3 nitrogen and oxygen atoms in total. The molecule has 0 spiro atoms. The fourth-order valence-corrected chi connectivity index (χ4v) is 6.28. The van der Waals surface area contributed by atoms with Crippen LogP contribution in [0.3, 0.4) is 0 Å². The van der Waals surface area contributed by atoms with Gasteiger partial charge in [-0.05, 0) is 110 Å². The van der Waals surface area contributed by atoms with Crippen LogP contribution < -0.4 is 10.1 Å². The number of benzene rings is 2. The van der Waals surface area contributed by atoms with Crippen LogP contribution in [0.4, 0.5) is 0 Å². The van der Waals surface area contributed by atoms with E-state index in [-0.39, 0.29) is 0 Å². The van der Waals surface area contributed by atoms with Crippen LogP contribution in [0.25, 0.3) is 0 Å². The number of rotatable bonds is 18. The van der Waals surface area contributed by atoms with E-state index in [2.05, 4.69) is 137 Å². The molecule has 2 aromatic rings. The van der Waals surface area contributed by atoms with Gasteiger partial charge in [-0.2, -0.15) is 0 Å². The van der Waals surface area contributed by atoms with Gasteiger partial charge in [0.15, 0.2) is 0 Å². The molecule has 0 amide bonds. The third-order valence-corrected chi connectivity index (χ3v) is 8.74. The highest BCUT2D eigenvalue weighted by Gasteiger charge is 2.19. The summed E-state index contributed by atoms with van der Waals surface area (Å²) >= 11 is 0. The van der Waals surface area contributed by atoms with Gasteiger partial charge in [0.2, 0.25) is 0 Å². The Labute approximate surface area is 320 Å². The van der Waals surface area contributed by atoms with Crippen molar-refractivity contribution in [2.45, 2.75) is 175 Å². The zero-order chi connectivity index (χ0) is 39.7. The standard InChI is InChI=1S/C39H64N2O.C5H10.2C2H6/c1-13-16-31(14-2)25-41(24-28(6)7)26-35-19-33(20-37(29(8)9)36(35)15-3)17-32-18-34(23-40-22-27(4)5)39(42-12)38(21-32)30(10)11;1-4-5(2)3;2*1-2/h16,18-21,27-30,40H,13-15,17,22-26H2,1-12H3;4H,1-3H3;2*1-2H3/b31-16+;;;. The molecule has 0 saturated heterocycles. The summed E-state index contributed by atoms with van der Waals surface area (Å²) in [6, 6.07) is 9.81. The molecule has 0 aromatic heterocycles. The van der Waals surface area contributed by atoms with Gasteiger partial charge in [0.1, 0.15) is 5.75 Å². The summed E-state index contributed by atoms with van der Waals surface area (Å²) < 4.78 is 5.98. The zero-order valence-electron chi connectivity index (χ0n) is 37.5. The maximum absolute atomic E-state index is 5.98. The molecule has 0 aliphatic carbocycles. The summed E-state index contributed by atoms with van der Waals surface area (Å²) in [7, 11) is 1.82. The lowest BCUT2D eigenvalue weighted by Gasteiger charge is -2.28. The summed E-state index contributed by atoms with van der Waals surface area (Å²) in [6.45, 7) is 44.6. The van der Waals surface area contributed by atoms with Gasteiger partial charge < -0.3 is 10.1 Å². The normalized spacial score (nSPS) is 11.3. The number of nitrogens with one attached hydrogen (secondary N) is 1. The van der Waals surface area contributed by atoms with E-state index in [1.54, 1.807) is 11.1 Å². The lowest BCUT2D eigenvalue weighted by molar-refractivity contribution is 0.252. The minimum absolute atomic E-state index is 0.404. The molecule has 0 saturated carbocycles. The highest BCUT2D eigenvalue weighted by atomic mass is 16.5. The first-order valence-corrected chi connectivity index (χ1v) is 20.7. The number of ether oxygens (including phenoxy) is 1. The number of nitrogens with zero attached hydrogens (tertiary/aromatic N) is 1.